The Labute approximate surface area is 73.7 Å². The summed E-state index contributed by atoms with van der Waals surface area (Å²) in [7, 11) is 0. The molecule has 0 aromatic rings. The fraction of sp³-hybridized carbons (Fsp3) is 0.700. The van der Waals surface area contributed by atoms with E-state index in [1.54, 1.807) is 0 Å². The summed E-state index contributed by atoms with van der Waals surface area (Å²) in [4.78, 5) is 0. The molecule has 0 aromatic carbocycles. The van der Waals surface area contributed by atoms with Crippen molar-refractivity contribution in [3.05, 3.63) is 0 Å². The zero-order valence-corrected chi connectivity index (χ0v) is 7.34. The Balaban J connectivity index is 2.40. The Morgan fingerprint density at radius 2 is 1.67 bits per heavy atom. The van der Waals surface area contributed by atoms with Crippen LogP contribution in [0.4, 0.5) is 0 Å². The molecule has 0 bridgehead atoms. The number of hydrogen-bond donors (Lipinski definition) is 1. The fourth-order valence-electron chi connectivity index (χ4n) is 1.33. The van der Waals surface area contributed by atoms with Crippen LogP contribution in [0.3, 0.4) is 0 Å². The van der Waals surface area contributed by atoms with Gasteiger partial charge in [0.05, 0.1) is 5.71 Å². The minimum Gasteiger partial charge on any atom is -0.411 e. The van der Waals surface area contributed by atoms with Gasteiger partial charge in [0.25, 0.3) is 0 Å². The van der Waals surface area contributed by atoms with Crippen LogP contribution in [0.25, 0.3) is 0 Å². The van der Waals surface area contributed by atoms with Crippen LogP contribution in [0.15, 0.2) is 5.16 Å². The average Bonchev–Trinajstić information content (AvgIpc) is 2.14. The summed E-state index contributed by atoms with van der Waals surface area (Å²) in [6.45, 7) is 0. The van der Waals surface area contributed by atoms with Gasteiger partial charge in [0.2, 0.25) is 0 Å². The van der Waals surface area contributed by atoms with E-state index in [1.807, 2.05) is 0 Å². The van der Waals surface area contributed by atoms with Gasteiger partial charge in [-0.3, -0.25) is 0 Å². The van der Waals surface area contributed by atoms with Gasteiger partial charge in [0.15, 0.2) is 0 Å². The molecule has 0 radical (unpaired) electrons. The third-order valence-corrected chi connectivity index (χ3v) is 2.05. The third kappa shape index (κ3) is 3.43. The maximum Gasteiger partial charge on any atom is 0.0571 e. The summed E-state index contributed by atoms with van der Waals surface area (Å²) in [6, 6.07) is 0. The first-order valence-corrected chi connectivity index (χ1v) is 4.59. The molecule has 1 aliphatic carbocycles. The SMILES string of the molecule is O/N=C1/CCCC#CCCCC1. The quantitative estimate of drug-likeness (QED) is 0.334. The highest BCUT2D eigenvalue weighted by molar-refractivity contribution is 5.83. The smallest absolute Gasteiger partial charge is 0.0571 e. The molecule has 1 N–H and O–H groups in total. The van der Waals surface area contributed by atoms with Gasteiger partial charge in [-0.2, -0.15) is 0 Å². The van der Waals surface area contributed by atoms with E-state index in [1.165, 1.54) is 0 Å². The highest BCUT2D eigenvalue weighted by atomic mass is 16.4. The fourth-order valence-corrected chi connectivity index (χ4v) is 1.33. The molecule has 12 heavy (non-hydrogen) atoms. The summed E-state index contributed by atoms with van der Waals surface area (Å²) in [5, 5.41) is 11.9. The minimum absolute atomic E-state index is 0.908. The molecule has 66 valence electrons. The molecule has 0 atom stereocenters. The Bertz CT molecular complexity index is 210. The van der Waals surface area contributed by atoms with Crippen molar-refractivity contribution in [2.75, 3.05) is 0 Å². The molecule has 0 aliphatic heterocycles. The van der Waals surface area contributed by atoms with Gasteiger partial charge in [-0.25, -0.2) is 0 Å². The first-order valence-electron chi connectivity index (χ1n) is 4.59. The highest BCUT2D eigenvalue weighted by Crippen LogP contribution is 2.08. The van der Waals surface area contributed by atoms with Crippen molar-refractivity contribution in [2.45, 2.75) is 44.9 Å². The summed E-state index contributed by atoms with van der Waals surface area (Å²) >= 11 is 0. The lowest BCUT2D eigenvalue weighted by Crippen LogP contribution is -1.99. The molecule has 0 heterocycles. The third-order valence-electron chi connectivity index (χ3n) is 2.05. The molecular formula is C10H15NO. The number of rotatable bonds is 0. The van der Waals surface area contributed by atoms with E-state index < -0.39 is 0 Å². The van der Waals surface area contributed by atoms with E-state index in [0.29, 0.717) is 0 Å². The lowest BCUT2D eigenvalue weighted by Gasteiger charge is -2.03. The molecule has 2 nitrogen and oxygen atoms in total. The predicted octanol–water partition coefficient (Wildman–Crippen LogP) is 2.56. The van der Waals surface area contributed by atoms with Crippen LogP contribution in [0.1, 0.15) is 44.9 Å². The van der Waals surface area contributed by atoms with Crippen molar-refractivity contribution in [1.82, 2.24) is 0 Å². The minimum atomic E-state index is 0.908. The molecule has 1 rings (SSSR count). The lowest BCUT2D eigenvalue weighted by atomic mass is 10.0. The van der Waals surface area contributed by atoms with Crippen molar-refractivity contribution in [1.29, 1.82) is 0 Å². The predicted molar refractivity (Wildman–Crippen MR) is 49.3 cm³/mol. The van der Waals surface area contributed by atoms with Gasteiger partial charge >= 0.3 is 0 Å². The van der Waals surface area contributed by atoms with Crippen LogP contribution in [-0.2, 0) is 0 Å². The van der Waals surface area contributed by atoms with Crippen LogP contribution in [0.2, 0.25) is 0 Å². The van der Waals surface area contributed by atoms with Crippen molar-refractivity contribution < 1.29 is 5.21 Å². The lowest BCUT2D eigenvalue weighted by molar-refractivity contribution is 0.315. The summed E-state index contributed by atoms with van der Waals surface area (Å²) in [6.07, 6.45) is 7.06. The van der Waals surface area contributed by atoms with E-state index >= 15 is 0 Å². The second-order valence-corrected chi connectivity index (χ2v) is 3.08. The van der Waals surface area contributed by atoms with Gasteiger partial charge < -0.3 is 5.21 Å². The molecule has 0 amide bonds. The van der Waals surface area contributed by atoms with E-state index in [0.717, 1.165) is 50.7 Å². The van der Waals surface area contributed by atoms with Crippen molar-refractivity contribution in [2.24, 2.45) is 5.16 Å². The Kier molecular flexibility index (Phi) is 4.30. The van der Waals surface area contributed by atoms with Crippen LogP contribution in [-0.4, -0.2) is 10.9 Å². The summed E-state index contributed by atoms with van der Waals surface area (Å²) in [5.41, 5.74) is 0.943. The Morgan fingerprint density at radius 3 is 2.42 bits per heavy atom. The van der Waals surface area contributed by atoms with E-state index in [9.17, 15) is 0 Å². The second-order valence-electron chi connectivity index (χ2n) is 3.08. The summed E-state index contributed by atoms with van der Waals surface area (Å²) in [5.74, 6) is 6.25. The van der Waals surface area contributed by atoms with E-state index in [-0.39, 0.29) is 0 Å². The van der Waals surface area contributed by atoms with Crippen molar-refractivity contribution >= 4 is 5.71 Å². The van der Waals surface area contributed by atoms with E-state index in [2.05, 4.69) is 17.0 Å². The van der Waals surface area contributed by atoms with Crippen LogP contribution >= 0.6 is 0 Å². The molecule has 0 aromatic heterocycles. The maximum absolute atomic E-state index is 8.62. The van der Waals surface area contributed by atoms with Crippen LogP contribution < -0.4 is 0 Å². The van der Waals surface area contributed by atoms with Crippen LogP contribution in [0.5, 0.6) is 0 Å². The monoisotopic (exact) mass is 165 g/mol. The molecule has 0 spiro atoms. The van der Waals surface area contributed by atoms with E-state index in [4.69, 9.17) is 5.21 Å². The van der Waals surface area contributed by atoms with Crippen molar-refractivity contribution in [3.8, 4) is 11.8 Å². The van der Waals surface area contributed by atoms with Gasteiger partial charge in [0.1, 0.15) is 0 Å². The number of hydrogen-bond acceptors (Lipinski definition) is 2. The topological polar surface area (TPSA) is 32.6 Å². The molecule has 0 unspecified atom stereocenters. The zero-order valence-electron chi connectivity index (χ0n) is 7.34. The average molecular weight is 165 g/mol. The maximum atomic E-state index is 8.62. The number of oxime groups is 1. The first kappa shape index (κ1) is 9.12. The van der Waals surface area contributed by atoms with Gasteiger partial charge in [-0.05, 0) is 32.1 Å². The van der Waals surface area contributed by atoms with Gasteiger partial charge in [-0.1, -0.05) is 5.16 Å². The first-order chi connectivity index (χ1) is 5.93. The molecular weight excluding hydrogens is 150 g/mol. The molecule has 0 saturated heterocycles. The Hall–Kier alpha value is -0.970. The molecule has 1 aliphatic rings. The van der Waals surface area contributed by atoms with Gasteiger partial charge in [0, 0.05) is 12.8 Å². The highest BCUT2D eigenvalue weighted by Gasteiger charge is 2.00. The second kappa shape index (κ2) is 5.65. The van der Waals surface area contributed by atoms with Gasteiger partial charge in [-0.15, -0.1) is 11.8 Å². The molecule has 2 heteroatoms. The largest absolute Gasteiger partial charge is 0.411 e. The molecule has 0 fully saturated rings. The number of nitrogens with zero attached hydrogens (tertiary/aromatic N) is 1. The summed E-state index contributed by atoms with van der Waals surface area (Å²) < 4.78 is 0. The van der Waals surface area contributed by atoms with Crippen molar-refractivity contribution in [3.63, 3.8) is 0 Å². The zero-order chi connectivity index (χ0) is 8.65. The Morgan fingerprint density at radius 1 is 1.00 bits per heavy atom. The molecule has 0 saturated carbocycles. The normalized spacial score (nSPS) is 22.8. The standard InChI is InChI=1S/C10H15NO/c12-11-10-8-6-4-2-1-3-5-7-9-10/h12H,2,4-9H2/b11-10+. The van der Waals surface area contributed by atoms with Crippen LogP contribution in [0, 0.1) is 11.8 Å².